The molecule has 2 aliphatic rings. The van der Waals surface area contributed by atoms with Crippen LogP contribution in [0.5, 0.6) is 0 Å². The molecule has 2 aromatic rings. The Morgan fingerprint density at radius 1 is 1.08 bits per heavy atom. The largest absolute Gasteiger partial charge is 0.462 e. The molecule has 2 atom stereocenters. The summed E-state index contributed by atoms with van der Waals surface area (Å²) in [5, 5.41) is 8.21. The van der Waals surface area contributed by atoms with Gasteiger partial charge in [-0.15, -0.1) is 6.58 Å². The summed E-state index contributed by atoms with van der Waals surface area (Å²) in [6.45, 7) is 8.58. The highest BCUT2D eigenvalue weighted by molar-refractivity contribution is 5.63. The second-order valence-electron chi connectivity index (χ2n) is 10.4. The normalized spacial score (nSPS) is 18.5. The number of benzene rings is 1. The van der Waals surface area contributed by atoms with Crippen LogP contribution < -0.4 is 5.32 Å². The first kappa shape index (κ1) is 26.5. The average Bonchev–Trinajstić information content (AvgIpc) is 3.71. The predicted octanol–water partition coefficient (Wildman–Crippen LogP) is 9.07. The number of aromatic nitrogens is 2. The van der Waals surface area contributed by atoms with E-state index in [1.54, 1.807) is 6.07 Å². The molecule has 0 aliphatic heterocycles. The zero-order valence-corrected chi connectivity index (χ0v) is 21.4. The molecule has 36 heavy (non-hydrogen) atoms. The van der Waals surface area contributed by atoms with Crippen molar-refractivity contribution in [1.82, 2.24) is 9.97 Å². The molecule has 2 saturated carbocycles. The highest BCUT2D eigenvalue weighted by atomic mass is 19.4. The minimum atomic E-state index is -4.49. The Morgan fingerprint density at radius 3 is 2.44 bits per heavy atom. The van der Waals surface area contributed by atoms with Crippen molar-refractivity contribution in [3.05, 3.63) is 59.3 Å². The Hall–Kier alpha value is -2.57. The average molecular weight is 500 g/mol. The Balaban J connectivity index is 1.63. The van der Waals surface area contributed by atoms with Gasteiger partial charge in [-0.2, -0.15) is 13.2 Å². The van der Waals surface area contributed by atoms with Gasteiger partial charge in [0.15, 0.2) is 5.82 Å². The molecule has 1 aromatic heterocycles. The van der Waals surface area contributed by atoms with Crippen LogP contribution in [0, 0.1) is 11.8 Å². The Labute approximate surface area is 213 Å². The number of nitrogens with zero attached hydrogens (tertiary/aromatic N) is 3. The van der Waals surface area contributed by atoms with E-state index in [0.29, 0.717) is 23.5 Å². The summed E-state index contributed by atoms with van der Waals surface area (Å²) < 4.78 is 41.4. The molecular weight excluding hydrogens is 461 g/mol. The van der Waals surface area contributed by atoms with Crippen molar-refractivity contribution in [2.75, 3.05) is 5.32 Å². The van der Waals surface area contributed by atoms with Gasteiger partial charge in [0.25, 0.3) is 0 Å². The van der Waals surface area contributed by atoms with E-state index in [1.165, 1.54) is 31.4 Å². The fraction of sp³-hybridized carbons (Fsp3) is 0.586. The minimum absolute atomic E-state index is 0.00175. The van der Waals surface area contributed by atoms with Gasteiger partial charge in [-0.25, -0.2) is 9.97 Å². The molecule has 2 aliphatic carbocycles. The van der Waals surface area contributed by atoms with Gasteiger partial charge in [0.1, 0.15) is 0 Å². The molecule has 0 bridgehead atoms. The van der Waals surface area contributed by atoms with Crippen molar-refractivity contribution in [1.29, 1.82) is 0 Å². The third kappa shape index (κ3) is 6.60. The van der Waals surface area contributed by atoms with Crippen LogP contribution in [0.25, 0.3) is 16.7 Å². The summed E-state index contributed by atoms with van der Waals surface area (Å²) >= 11 is 0. The summed E-state index contributed by atoms with van der Waals surface area (Å²) in [6.07, 6.45) is 6.59. The summed E-state index contributed by atoms with van der Waals surface area (Å²) in [5.74, 6) is 2.40. The number of rotatable bonds is 11. The molecule has 196 valence electrons. The molecule has 1 N–H and O–H groups in total. The fourth-order valence-corrected chi connectivity index (χ4v) is 5.56. The van der Waals surface area contributed by atoms with Crippen molar-refractivity contribution < 1.29 is 13.2 Å². The molecule has 0 radical (unpaired) electrons. The van der Waals surface area contributed by atoms with Crippen LogP contribution in [0.1, 0.15) is 95.2 Å². The van der Waals surface area contributed by atoms with E-state index >= 15 is 0 Å². The first-order valence-corrected chi connectivity index (χ1v) is 13.5. The van der Waals surface area contributed by atoms with E-state index in [9.17, 15) is 13.2 Å². The van der Waals surface area contributed by atoms with Gasteiger partial charge < -0.3 is 10.6 Å². The molecule has 2 unspecified atom stereocenters. The number of nitrogens with one attached hydrogen (secondary N) is 1. The van der Waals surface area contributed by atoms with Crippen LogP contribution >= 0.6 is 0 Å². The van der Waals surface area contributed by atoms with Gasteiger partial charge in [-0.1, -0.05) is 89.2 Å². The van der Waals surface area contributed by atoms with Crippen LogP contribution in [-0.2, 0) is 6.18 Å². The topological polar surface area (TPSA) is 51.9 Å². The number of hydrogen-bond acceptors (Lipinski definition) is 3. The van der Waals surface area contributed by atoms with Gasteiger partial charge in [-0.05, 0) is 42.9 Å². The zero-order chi connectivity index (χ0) is 25.7. The van der Waals surface area contributed by atoms with Gasteiger partial charge >= 0.3 is 6.18 Å². The Kier molecular flexibility index (Phi) is 8.58. The smallest absolute Gasteiger partial charge is 0.417 e. The van der Waals surface area contributed by atoms with E-state index in [2.05, 4.69) is 35.7 Å². The molecular formula is C29H38F3N4-. The van der Waals surface area contributed by atoms with Crippen molar-refractivity contribution in [2.45, 2.75) is 96.2 Å². The van der Waals surface area contributed by atoms with Crippen molar-refractivity contribution >= 4 is 5.82 Å². The molecule has 0 saturated heterocycles. The number of halogens is 3. The quantitative estimate of drug-likeness (QED) is 0.335. The first-order chi connectivity index (χ1) is 17.3. The van der Waals surface area contributed by atoms with Gasteiger partial charge in [0, 0.05) is 17.2 Å². The lowest BCUT2D eigenvalue weighted by atomic mass is 9.86. The molecule has 2 fully saturated rings. The molecule has 4 rings (SSSR count). The zero-order valence-electron chi connectivity index (χ0n) is 21.4. The van der Waals surface area contributed by atoms with E-state index in [0.717, 1.165) is 56.7 Å². The minimum Gasteiger partial charge on any atom is -0.462 e. The lowest BCUT2D eigenvalue weighted by molar-refractivity contribution is -0.137. The number of anilines is 1. The van der Waals surface area contributed by atoms with Crippen molar-refractivity contribution in [3.63, 3.8) is 0 Å². The van der Waals surface area contributed by atoms with Crippen LogP contribution in [0.4, 0.5) is 19.0 Å². The van der Waals surface area contributed by atoms with Gasteiger partial charge in [0.05, 0.1) is 11.4 Å². The van der Waals surface area contributed by atoms with Crippen LogP contribution in [0.2, 0.25) is 0 Å². The van der Waals surface area contributed by atoms with Crippen LogP contribution in [-0.4, -0.2) is 16.0 Å². The summed E-state index contributed by atoms with van der Waals surface area (Å²) in [4.78, 5) is 9.20. The molecule has 1 heterocycles. The highest BCUT2D eigenvalue weighted by Crippen LogP contribution is 2.43. The SMILES string of the molecule is C=C([N-]C(C(CC)CCC)C1CC1)Nc1cc(C2CCCCC2)nc(-c2ccccc2C(F)(F)F)n1. The molecule has 7 heteroatoms. The third-order valence-corrected chi connectivity index (χ3v) is 7.59. The summed E-state index contributed by atoms with van der Waals surface area (Å²) in [7, 11) is 0. The third-order valence-electron chi connectivity index (χ3n) is 7.59. The van der Waals surface area contributed by atoms with E-state index in [1.807, 2.05) is 6.07 Å². The monoisotopic (exact) mass is 499 g/mol. The van der Waals surface area contributed by atoms with Gasteiger partial charge in [-0.3, -0.25) is 0 Å². The van der Waals surface area contributed by atoms with Crippen molar-refractivity contribution in [3.8, 4) is 11.4 Å². The van der Waals surface area contributed by atoms with E-state index in [4.69, 9.17) is 5.32 Å². The number of alkyl halides is 3. The van der Waals surface area contributed by atoms with Crippen LogP contribution in [0.3, 0.4) is 0 Å². The maximum absolute atomic E-state index is 13.8. The fourth-order valence-electron chi connectivity index (χ4n) is 5.56. The number of hydrogen-bond donors (Lipinski definition) is 1. The van der Waals surface area contributed by atoms with E-state index < -0.39 is 11.7 Å². The maximum Gasteiger partial charge on any atom is 0.417 e. The Morgan fingerprint density at radius 2 is 1.81 bits per heavy atom. The molecule has 4 nitrogen and oxygen atoms in total. The summed E-state index contributed by atoms with van der Waals surface area (Å²) in [6, 6.07) is 7.64. The standard InChI is InChI=1S/C29H38F3N4/c1-4-11-20(5-2)27(22-16-17-22)34-19(3)33-26-18-25(21-12-7-6-8-13-21)35-28(36-26)23-14-9-10-15-24(23)29(30,31)32/h9-10,14-15,18,20-22,27H,3-8,11-13,16-17H2,1-2H3,(H,33,35,36)/q-1. The highest BCUT2D eigenvalue weighted by Gasteiger charge is 2.35. The second kappa shape index (κ2) is 11.7. The molecule has 0 amide bonds. The van der Waals surface area contributed by atoms with E-state index in [-0.39, 0.29) is 23.3 Å². The predicted molar refractivity (Wildman–Crippen MR) is 140 cm³/mol. The molecule has 0 spiro atoms. The lowest BCUT2D eigenvalue weighted by Gasteiger charge is -2.35. The second-order valence-corrected chi connectivity index (χ2v) is 10.4. The van der Waals surface area contributed by atoms with Gasteiger partial charge in [0.2, 0.25) is 0 Å². The lowest BCUT2D eigenvalue weighted by Crippen LogP contribution is -2.23. The maximum atomic E-state index is 13.8. The van der Waals surface area contributed by atoms with Crippen molar-refractivity contribution in [2.24, 2.45) is 11.8 Å². The van der Waals surface area contributed by atoms with Crippen LogP contribution in [0.15, 0.2) is 42.7 Å². The summed E-state index contributed by atoms with van der Waals surface area (Å²) in [5.41, 5.74) is 0.0701. The molecule has 1 aromatic carbocycles. The first-order valence-electron chi connectivity index (χ1n) is 13.5. The Bertz CT molecular complexity index is 1030.